The Morgan fingerprint density at radius 2 is 2.10 bits per heavy atom. The quantitative estimate of drug-likeness (QED) is 0.517. The van der Waals surface area contributed by atoms with Crippen molar-refractivity contribution in [1.29, 1.82) is 0 Å². The molecule has 3 heterocycles. The summed E-state index contributed by atoms with van der Waals surface area (Å²) in [6.45, 7) is 3.06. The van der Waals surface area contributed by atoms with Gasteiger partial charge in [-0.2, -0.15) is 0 Å². The highest BCUT2D eigenvalue weighted by Crippen LogP contribution is 2.34. The zero-order valence-corrected chi connectivity index (χ0v) is 17.8. The third kappa shape index (κ3) is 4.93. The van der Waals surface area contributed by atoms with Crippen LogP contribution < -0.4 is 15.8 Å². The molecule has 0 radical (unpaired) electrons. The van der Waals surface area contributed by atoms with E-state index in [0.29, 0.717) is 36.9 Å². The number of amides is 2. The predicted octanol–water partition coefficient (Wildman–Crippen LogP) is 2.18. The summed E-state index contributed by atoms with van der Waals surface area (Å²) in [7, 11) is 1.57. The Kier molecular flexibility index (Phi) is 6.31. The van der Waals surface area contributed by atoms with Crippen molar-refractivity contribution in [1.82, 2.24) is 14.9 Å². The number of rotatable bonds is 7. The van der Waals surface area contributed by atoms with Gasteiger partial charge in [0.25, 0.3) is 5.91 Å². The van der Waals surface area contributed by atoms with E-state index in [2.05, 4.69) is 20.2 Å². The Hall–Kier alpha value is -3.21. The molecular weight excluding hydrogens is 418 g/mol. The maximum atomic E-state index is 12.5. The zero-order chi connectivity index (χ0) is 21.8. The first-order valence-corrected chi connectivity index (χ1v) is 10.6. The Labute approximate surface area is 183 Å². The third-order valence-electron chi connectivity index (χ3n) is 4.94. The number of hydrogen-bond donors (Lipinski definition) is 3. The van der Waals surface area contributed by atoms with Crippen molar-refractivity contribution >= 4 is 28.8 Å². The summed E-state index contributed by atoms with van der Waals surface area (Å²) in [4.78, 5) is 33.4. The van der Waals surface area contributed by atoms with Gasteiger partial charge < -0.3 is 25.5 Å². The van der Waals surface area contributed by atoms with E-state index < -0.39 is 5.91 Å². The number of nitrogens with one attached hydrogen (secondary N) is 2. The fraction of sp³-hybridized carbons (Fsp3) is 0.286. The van der Waals surface area contributed by atoms with Gasteiger partial charge >= 0.3 is 0 Å². The summed E-state index contributed by atoms with van der Waals surface area (Å²) in [6.07, 6.45) is 1.70. The van der Waals surface area contributed by atoms with Gasteiger partial charge in [0.15, 0.2) is 0 Å². The molecule has 2 amide bonds. The molecule has 3 aromatic rings. The standard InChI is InChI=1S/C21H23N5O4S/c1-29-18-3-2-13(8-15(18)24-19(27)11-26-4-6-30-7-5-26)21-25-17(12-31-21)14-9-16(20(22)28)23-10-14/h2-3,8-10,12,23H,4-7,11H2,1H3,(H2,22,28)(H,24,27). The number of thiazole rings is 1. The number of benzene rings is 1. The third-order valence-corrected chi connectivity index (χ3v) is 5.83. The van der Waals surface area contributed by atoms with E-state index in [1.165, 1.54) is 11.3 Å². The van der Waals surface area contributed by atoms with Crippen LogP contribution in [0.25, 0.3) is 21.8 Å². The number of carbonyl (C=O) groups is 2. The topological polar surface area (TPSA) is 123 Å². The molecule has 4 rings (SSSR count). The van der Waals surface area contributed by atoms with Gasteiger partial charge in [-0.3, -0.25) is 14.5 Å². The van der Waals surface area contributed by atoms with E-state index in [0.717, 1.165) is 34.9 Å². The van der Waals surface area contributed by atoms with Crippen molar-refractivity contribution in [2.45, 2.75) is 0 Å². The highest BCUT2D eigenvalue weighted by Gasteiger charge is 2.17. The van der Waals surface area contributed by atoms with Crippen molar-refractivity contribution in [2.24, 2.45) is 5.73 Å². The minimum absolute atomic E-state index is 0.108. The number of ether oxygens (including phenoxy) is 2. The molecule has 162 valence electrons. The molecule has 1 aliphatic rings. The van der Waals surface area contributed by atoms with Crippen LogP contribution in [0.5, 0.6) is 5.75 Å². The lowest BCUT2D eigenvalue weighted by molar-refractivity contribution is -0.118. The number of morpholine rings is 1. The SMILES string of the molecule is COc1ccc(-c2nc(-c3c[nH]c(C(N)=O)c3)cs2)cc1NC(=O)CN1CCOCC1. The molecule has 0 bridgehead atoms. The van der Waals surface area contributed by atoms with E-state index in [-0.39, 0.29) is 5.91 Å². The molecule has 0 unspecified atom stereocenters. The highest BCUT2D eigenvalue weighted by atomic mass is 32.1. The van der Waals surface area contributed by atoms with Crippen LogP contribution in [0.4, 0.5) is 5.69 Å². The summed E-state index contributed by atoms with van der Waals surface area (Å²) >= 11 is 1.47. The van der Waals surface area contributed by atoms with E-state index in [9.17, 15) is 9.59 Å². The first-order chi connectivity index (χ1) is 15.0. The van der Waals surface area contributed by atoms with E-state index in [1.54, 1.807) is 19.4 Å². The van der Waals surface area contributed by atoms with Gasteiger partial charge in [0, 0.05) is 35.8 Å². The van der Waals surface area contributed by atoms with Gasteiger partial charge in [-0.15, -0.1) is 11.3 Å². The Morgan fingerprint density at radius 1 is 1.29 bits per heavy atom. The number of methoxy groups -OCH3 is 1. The molecule has 0 saturated carbocycles. The van der Waals surface area contributed by atoms with Gasteiger partial charge in [0.2, 0.25) is 5.91 Å². The van der Waals surface area contributed by atoms with Gasteiger partial charge in [0.05, 0.1) is 38.2 Å². The second-order valence-electron chi connectivity index (χ2n) is 7.06. The van der Waals surface area contributed by atoms with Crippen LogP contribution in [0.3, 0.4) is 0 Å². The van der Waals surface area contributed by atoms with Gasteiger partial charge in [-0.1, -0.05) is 0 Å². The van der Waals surface area contributed by atoms with Crippen LogP contribution >= 0.6 is 11.3 Å². The average molecular weight is 442 g/mol. The van der Waals surface area contributed by atoms with Crippen LogP contribution in [0.1, 0.15) is 10.5 Å². The van der Waals surface area contributed by atoms with Crippen molar-refractivity contribution in [2.75, 3.05) is 45.3 Å². The Bertz CT molecular complexity index is 1090. The molecular formula is C21H23N5O4S. The number of aromatic nitrogens is 2. The molecule has 1 aliphatic heterocycles. The molecule has 0 spiro atoms. The number of nitrogens with zero attached hydrogens (tertiary/aromatic N) is 2. The first-order valence-electron chi connectivity index (χ1n) is 9.76. The van der Waals surface area contributed by atoms with Crippen molar-refractivity contribution in [3.05, 3.63) is 41.5 Å². The minimum atomic E-state index is -0.519. The Morgan fingerprint density at radius 3 is 2.81 bits per heavy atom. The summed E-state index contributed by atoms with van der Waals surface area (Å²) in [5.74, 6) is -0.0506. The summed E-state index contributed by atoms with van der Waals surface area (Å²) in [6, 6.07) is 7.23. The number of primary amides is 1. The minimum Gasteiger partial charge on any atom is -0.495 e. The molecule has 0 atom stereocenters. The number of aromatic amines is 1. The number of nitrogens with two attached hydrogens (primary N) is 1. The highest BCUT2D eigenvalue weighted by molar-refractivity contribution is 7.13. The van der Waals surface area contributed by atoms with E-state index in [1.807, 2.05) is 23.6 Å². The molecule has 31 heavy (non-hydrogen) atoms. The average Bonchev–Trinajstić information content (AvgIpc) is 3.44. The molecule has 4 N–H and O–H groups in total. The normalized spacial score (nSPS) is 14.4. The summed E-state index contributed by atoms with van der Waals surface area (Å²) < 4.78 is 10.7. The van der Waals surface area contributed by atoms with E-state index >= 15 is 0 Å². The lowest BCUT2D eigenvalue weighted by atomic mass is 10.2. The van der Waals surface area contributed by atoms with Crippen molar-refractivity contribution in [3.63, 3.8) is 0 Å². The monoisotopic (exact) mass is 441 g/mol. The van der Waals surface area contributed by atoms with Crippen LogP contribution in [-0.4, -0.2) is 66.6 Å². The summed E-state index contributed by atoms with van der Waals surface area (Å²) in [5, 5.41) is 5.63. The van der Waals surface area contributed by atoms with Gasteiger partial charge in [-0.25, -0.2) is 4.98 Å². The van der Waals surface area contributed by atoms with Gasteiger partial charge in [0.1, 0.15) is 16.5 Å². The molecule has 10 heteroatoms. The molecule has 1 fully saturated rings. The lowest BCUT2D eigenvalue weighted by Gasteiger charge is -2.25. The smallest absolute Gasteiger partial charge is 0.265 e. The zero-order valence-electron chi connectivity index (χ0n) is 17.0. The second-order valence-corrected chi connectivity index (χ2v) is 7.91. The number of hydrogen-bond acceptors (Lipinski definition) is 7. The summed E-state index contributed by atoms with van der Waals surface area (Å²) in [5.41, 5.74) is 8.59. The lowest BCUT2D eigenvalue weighted by Crippen LogP contribution is -2.41. The molecule has 1 saturated heterocycles. The van der Waals surface area contributed by atoms with Crippen molar-refractivity contribution in [3.8, 4) is 27.6 Å². The molecule has 9 nitrogen and oxygen atoms in total. The Balaban J connectivity index is 1.52. The molecule has 2 aromatic heterocycles. The fourth-order valence-electron chi connectivity index (χ4n) is 3.31. The van der Waals surface area contributed by atoms with Crippen LogP contribution in [-0.2, 0) is 9.53 Å². The van der Waals surface area contributed by atoms with Gasteiger partial charge in [-0.05, 0) is 24.3 Å². The number of anilines is 1. The number of H-pyrrole nitrogens is 1. The maximum absolute atomic E-state index is 12.5. The largest absolute Gasteiger partial charge is 0.495 e. The molecule has 0 aliphatic carbocycles. The number of carbonyl (C=O) groups excluding carboxylic acids is 2. The first kappa shape index (κ1) is 21.0. The molecule has 1 aromatic carbocycles. The maximum Gasteiger partial charge on any atom is 0.265 e. The van der Waals surface area contributed by atoms with Crippen molar-refractivity contribution < 1.29 is 19.1 Å². The van der Waals surface area contributed by atoms with Crippen LogP contribution in [0.15, 0.2) is 35.8 Å². The van der Waals surface area contributed by atoms with E-state index in [4.69, 9.17) is 15.2 Å². The van der Waals surface area contributed by atoms with Crippen LogP contribution in [0, 0.1) is 0 Å². The van der Waals surface area contributed by atoms with Crippen LogP contribution in [0.2, 0.25) is 0 Å². The fourth-order valence-corrected chi connectivity index (χ4v) is 4.14. The predicted molar refractivity (Wildman–Crippen MR) is 118 cm³/mol. The second kappa shape index (κ2) is 9.29.